The molecule has 4 aliphatic heterocycles. The Morgan fingerprint density at radius 1 is 0.958 bits per heavy atom. The lowest BCUT2D eigenvalue weighted by atomic mass is 10.0. The lowest BCUT2D eigenvalue weighted by Crippen LogP contribution is -2.45. The molecule has 9 nitrogen and oxygen atoms in total. The van der Waals surface area contributed by atoms with Crippen LogP contribution in [0.3, 0.4) is 0 Å². The van der Waals surface area contributed by atoms with Gasteiger partial charge in [-0.15, -0.1) is 11.8 Å². The minimum Gasteiger partial charge on any atom is -0.340 e. The van der Waals surface area contributed by atoms with Crippen molar-refractivity contribution in [3.8, 4) is 11.3 Å². The summed E-state index contributed by atoms with van der Waals surface area (Å²) in [5.74, 6) is 0.838. The second kappa shape index (κ2) is 15.0. The normalized spacial score (nSPS) is 22.5. The van der Waals surface area contributed by atoms with E-state index in [1.54, 1.807) is 6.07 Å². The van der Waals surface area contributed by atoms with E-state index in [0.29, 0.717) is 55.0 Å². The zero-order chi connectivity index (χ0) is 34.1. The number of benzene rings is 1. The van der Waals surface area contributed by atoms with Crippen molar-refractivity contribution in [2.75, 3.05) is 57.8 Å². The summed E-state index contributed by atoms with van der Waals surface area (Å²) in [6, 6.07) is 5.03. The summed E-state index contributed by atoms with van der Waals surface area (Å²) in [5, 5.41) is 4.96. The molecule has 266 valence electrons. The number of aromatic nitrogens is 2. The minimum atomic E-state index is -4.48. The molecule has 48 heavy (non-hydrogen) atoms. The zero-order valence-corrected chi connectivity index (χ0v) is 29.8. The zero-order valence-electron chi connectivity index (χ0n) is 28.2. The highest BCUT2D eigenvalue weighted by molar-refractivity contribution is 7.99. The molecule has 1 aromatic heterocycles. The topological polar surface area (TPSA) is 82.0 Å². The maximum absolute atomic E-state index is 14.2. The van der Waals surface area contributed by atoms with E-state index >= 15 is 0 Å². The number of alkyl halides is 3. The summed E-state index contributed by atoms with van der Waals surface area (Å²) < 4.78 is 71.0. The Hall–Kier alpha value is -2.13. The van der Waals surface area contributed by atoms with Gasteiger partial charge in [-0.1, -0.05) is 12.5 Å². The van der Waals surface area contributed by atoms with Crippen LogP contribution in [0.25, 0.3) is 11.3 Å². The molecule has 2 aromatic rings. The quantitative estimate of drug-likeness (QED) is 0.292. The van der Waals surface area contributed by atoms with E-state index in [-0.39, 0.29) is 17.3 Å². The third-order valence-corrected chi connectivity index (χ3v) is 12.9. The molecule has 1 amide bonds. The number of aryl methyl sites for hydroxylation is 1. The molecule has 1 unspecified atom stereocenters. The van der Waals surface area contributed by atoms with Crippen molar-refractivity contribution in [1.29, 1.82) is 0 Å². The second-order valence-corrected chi connectivity index (χ2v) is 17.0. The highest BCUT2D eigenvalue weighted by Crippen LogP contribution is 2.40. The Labute approximate surface area is 287 Å². The molecule has 0 N–H and O–H groups in total. The first-order valence-corrected chi connectivity index (χ1v) is 20.4. The fraction of sp³-hybridized carbons (Fsp3) is 0.706. The van der Waals surface area contributed by atoms with Gasteiger partial charge in [0.05, 0.1) is 17.5 Å². The fourth-order valence-corrected chi connectivity index (χ4v) is 9.79. The van der Waals surface area contributed by atoms with Gasteiger partial charge in [-0.05, 0) is 70.7 Å². The van der Waals surface area contributed by atoms with Gasteiger partial charge in [0.2, 0.25) is 15.9 Å². The van der Waals surface area contributed by atoms with E-state index in [9.17, 15) is 26.4 Å². The number of nitrogens with zero attached hydrogens (tertiary/aromatic N) is 6. The Balaban J connectivity index is 1.18. The van der Waals surface area contributed by atoms with Gasteiger partial charge in [0.15, 0.2) is 0 Å². The number of sulfonamides is 1. The van der Waals surface area contributed by atoms with E-state index in [1.807, 2.05) is 4.68 Å². The number of hydrogen-bond donors (Lipinski definition) is 0. The number of carbonyl (C=O) groups excluding carboxylic acids is 1. The predicted octanol–water partition coefficient (Wildman–Crippen LogP) is 5.33. The van der Waals surface area contributed by atoms with Crippen LogP contribution in [0.4, 0.5) is 13.2 Å². The summed E-state index contributed by atoms with van der Waals surface area (Å²) in [6.07, 6.45) is 5.09. The first kappa shape index (κ1) is 35.7. The van der Waals surface area contributed by atoms with Gasteiger partial charge in [0.1, 0.15) is 0 Å². The van der Waals surface area contributed by atoms with Crippen molar-refractivity contribution in [2.24, 2.45) is 0 Å². The molecule has 14 heteroatoms. The number of amides is 1. The molecule has 0 radical (unpaired) electrons. The standard InChI is InChI=1S/C34H49F3N6O3S2/c1-25-7-3-4-15-40(25)21-22-47-31-23-26(9-10-29(31)34(35,36)37)33-28-24-41(48(2,45)46)20-13-30(28)43(38-33)17-6-14-39-18-11-27(12-19-39)42-16-5-8-32(42)44/h9-10,23,25,27H,3-8,11-22,24H2,1-2H3. The third kappa shape index (κ3) is 8.25. The number of halogens is 3. The molecule has 6 rings (SSSR count). The summed E-state index contributed by atoms with van der Waals surface area (Å²) in [4.78, 5) is 19.2. The van der Waals surface area contributed by atoms with Crippen LogP contribution in [-0.2, 0) is 40.5 Å². The average Bonchev–Trinajstić information content (AvgIpc) is 3.64. The summed E-state index contributed by atoms with van der Waals surface area (Å²) in [6.45, 7) is 8.70. The van der Waals surface area contributed by atoms with Crippen molar-refractivity contribution in [3.05, 3.63) is 35.0 Å². The molecule has 1 atom stereocenters. The molecular weight excluding hydrogens is 662 g/mol. The molecule has 3 fully saturated rings. The molecule has 0 aliphatic carbocycles. The number of likely N-dealkylation sites (tertiary alicyclic amines) is 3. The van der Waals surface area contributed by atoms with E-state index < -0.39 is 21.8 Å². The maximum atomic E-state index is 14.2. The van der Waals surface area contributed by atoms with Crippen LogP contribution in [0.5, 0.6) is 0 Å². The number of hydrogen-bond acceptors (Lipinski definition) is 7. The first-order valence-electron chi connectivity index (χ1n) is 17.5. The number of piperidine rings is 2. The van der Waals surface area contributed by atoms with Crippen molar-refractivity contribution in [3.63, 3.8) is 0 Å². The van der Waals surface area contributed by atoms with E-state index in [4.69, 9.17) is 5.10 Å². The first-order chi connectivity index (χ1) is 22.9. The van der Waals surface area contributed by atoms with Gasteiger partial charge >= 0.3 is 6.18 Å². The molecule has 3 saturated heterocycles. The molecule has 4 aliphatic rings. The highest BCUT2D eigenvalue weighted by Gasteiger charge is 2.35. The van der Waals surface area contributed by atoms with Gasteiger partial charge in [-0.25, -0.2) is 8.42 Å². The van der Waals surface area contributed by atoms with Gasteiger partial charge in [0, 0.05) is 98.2 Å². The van der Waals surface area contributed by atoms with Crippen LogP contribution in [-0.4, -0.2) is 113 Å². The van der Waals surface area contributed by atoms with Gasteiger partial charge in [-0.2, -0.15) is 22.6 Å². The van der Waals surface area contributed by atoms with E-state index in [0.717, 1.165) is 95.1 Å². The number of carbonyl (C=O) groups is 1. The number of thioether (sulfide) groups is 1. The van der Waals surface area contributed by atoms with Crippen molar-refractivity contribution in [2.45, 2.75) is 101 Å². The smallest absolute Gasteiger partial charge is 0.340 e. The minimum absolute atomic E-state index is 0.155. The van der Waals surface area contributed by atoms with Crippen LogP contribution >= 0.6 is 11.8 Å². The van der Waals surface area contributed by atoms with E-state index in [1.165, 1.54) is 34.8 Å². The summed E-state index contributed by atoms with van der Waals surface area (Å²) >= 11 is 1.24. The average molecular weight is 711 g/mol. The molecule has 0 bridgehead atoms. The lowest BCUT2D eigenvalue weighted by Gasteiger charge is -2.36. The van der Waals surface area contributed by atoms with Gasteiger partial charge < -0.3 is 9.80 Å². The predicted molar refractivity (Wildman–Crippen MR) is 182 cm³/mol. The Morgan fingerprint density at radius 3 is 2.44 bits per heavy atom. The van der Waals surface area contributed by atoms with E-state index in [2.05, 4.69) is 21.6 Å². The molecule has 0 spiro atoms. The fourth-order valence-electron chi connectivity index (χ4n) is 7.91. The van der Waals surface area contributed by atoms with Gasteiger partial charge in [0.25, 0.3) is 0 Å². The molecule has 1 aromatic carbocycles. The van der Waals surface area contributed by atoms with Crippen molar-refractivity contribution in [1.82, 2.24) is 28.8 Å². The van der Waals surface area contributed by atoms with Crippen LogP contribution in [0.2, 0.25) is 0 Å². The maximum Gasteiger partial charge on any atom is 0.417 e. The highest BCUT2D eigenvalue weighted by atomic mass is 32.2. The monoisotopic (exact) mass is 710 g/mol. The largest absolute Gasteiger partial charge is 0.417 e. The van der Waals surface area contributed by atoms with Crippen LogP contribution in [0, 0.1) is 0 Å². The lowest BCUT2D eigenvalue weighted by molar-refractivity contribution is -0.139. The summed E-state index contributed by atoms with van der Waals surface area (Å²) in [7, 11) is -3.46. The Bertz CT molecular complexity index is 1560. The SMILES string of the molecule is CC1CCCCN1CCSc1cc(-c2nn(CCCN3CCC(N4CCCC4=O)CC3)c3c2CN(S(C)(=O)=O)CC3)ccc1C(F)(F)F. The van der Waals surface area contributed by atoms with Crippen LogP contribution in [0.15, 0.2) is 23.1 Å². The third-order valence-electron chi connectivity index (χ3n) is 10.7. The Morgan fingerprint density at radius 2 is 1.75 bits per heavy atom. The summed E-state index contributed by atoms with van der Waals surface area (Å²) in [5.41, 5.74) is 2.24. The van der Waals surface area contributed by atoms with Gasteiger partial charge in [-0.3, -0.25) is 14.4 Å². The molecule has 0 saturated carbocycles. The van der Waals surface area contributed by atoms with Crippen molar-refractivity contribution >= 4 is 27.7 Å². The van der Waals surface area contributed by atoms with Crippen LogP contribution < -0.4 is 0 Å². The second-order valence-electron chi connectivity index (χ2n) is 13.9. The number of rotatable bonds is 11. The Kier molecular flexibility index (Phi) is 11.2. The molecule has 5 heterocycles. The van der Waals surface area contributed by atoms with Crippen molar-refractivity contribution < 1.29 is 26.4 Å². The van der Waals surface area contributed by atoms with Crippen LogP contribution in [0.1, 0.15) is 75.1 Å². The number of fused-ring (bicyclic) bond motifs is 1. The molecular formula is C34H49F3N6O3S2.